The van der Waals surface area contributed by atoms with Crippen LogP contribution in [-0.2, 0) is 14.3 Å². The largest absolute Gasteiger partial charge is 0.481 e. The Morgan fingerprint density at radius 3 is 2.33 bits per heavy atom. The second-order valence-electron chi connectivity index (χ2n) is 8.37. The van der Waals surface area contributed by atoms with Crippen molar-refractivity contribution in [3.05, 3.63) is 59.7 Å². The molecule has 2 aromatic carbocycles. The third-order valence-electron chi connectivity index (χ3n) is 6.13. The van der Waals surface area contributed by atoms with Crippen LogP contribution in [0, 0.1) is 0 Å². The van der Waals surface area contributed by atoms with Crippen LogP contribution in [0.1, 0.15) is 42.7 Å². The second kappa shape index (κ2) is 10.7. The zero-order valence-corrected chi connectivity index (χ0v) is 19.1. The number of hydrogen-bond donors (Lipinski definition) is 3. The van der Waals surface area contributed by atoms with Crippen LogP contribution in [0.4, 0.5) is 4.79 Å². The highest BCUT2D eigenvalue weighted by molar-refractivity contribution is 7.99. The average Bonchev–Trinajstić information content (AvgIpc) is 2.92. The van der Waals surface area contributed by atoms with Gasteiger partial charge in [-0.15, -0.1) is 0 Å². The van der Waals surface area contributed by atoms with Crippen molar-refractivity contribution in [2.24, 2.45) is 0 Å². The third kappa shape index (κ3) is 5.68. The van der Waals surface area contributed by atoms with Gasteiger partial charge in [0, 0.05) is 12.0 Å². The maximum absolute atomic E-state index is 12.7. The van der Waals surface area contributed by atoms with E-state index in [9.17, 15) is 19.5 Å². The molecular formula is C25H28N2O5S. The van der Waals surface area contributed by atoms with Gasteiger partial charge in [0.05, 0.1) is 6.42 Å². The Balaban J connectivity index is 1.38. The summed E-state index contributed by atoms with van der Waals surface area (Å²) in [5, 5.41) is 14.6. The molecule has 2 amide bonds. The van der Waals surface area contributed by atoms with E-state index in [0.717, 1.165) is 53.0 Å². The molecule has 4 rings (SSSR count). The lowest BCUT2D eigenvalue weighted by molar-refractivity contribution is -0.140. The molecule has 1 aliphatic heterocycles. The van der Waals surface area contributed by atoms with E-state index in [-0.39, 0.29) is 18.6 Å². The third-order valence-corrected chi connectivity index (χ3v) is 7.23. The minimum absolute atomic E-state index is 0.00638. The average molecular weight is 469 g/mol. The molecule has 7 nitrogen and oxygen atoms in total. The van der Waals surface area contributed by atoms with Crippen LogP contribution < -0.4 is 10.6 Å². The van der Waals surface area contributed by atoms with E-state index in [1.807, 2.05) is 60.3 Å². The monoisotopic (exact) mass is 468 g/mol. The zero-order valence-electron chi connectivity index (χ0n) is 18.3. The summed E-state index contributed by atoms with van der Waals surface area (Å²) in [6.45, 7) is 0.0983. The number of aliphatic carboxylic acids is 1. The number of ether oxygens (including phenoxy) is 1. The van der Waals surface area contributed by atoms with Gasteiger partial charge in [0.1, 0.15) is 12.6 Å². The van der Waals surface area contributed by atoms with Gasteiger partial charge in [0.25, 0.3) is 0 Å². The van der Waals surface area contributed by atoms with Crippen molar-refractivity contribution in [1.82, 2.24) is 10.6 Å². The van der Waals surface area contributed by atoms with Crippen molar-refractivity contribution in [2.75, 3.05) is 18.1 Å². The van der Waals surface area contributed by atoms with E-state index >= 15 is 0 Å². The second-order valence-corrected chi connectivity index (χ2v) is 9.59. The minimum atomic E-state index is -1.19. The first-order chi connectivity index (χ1) is 16.0. The number of thioether (sulfide) groups is 1. The number of benzene rings is 2. The number of amides is 2. The maximum atomic E-state index is 12.7. The Morgan fingerprint density at radius 2 is 1.67 bits per heavy atom. The first-order valence-electron chi connectivity index (χ1n) is 11.2. The predicted octanol–water partition coefficient (Wildman–Crippen LogP) is 3.77. The van der Waals surface area contributed by atoms with Crippen molar-refractivity contribution in [3.63, 3.8) is 0 Å². The topological polar surface area (TPSA) is 105 Å². The number of carboxylic acid groups (broad SMARTS) is 1. The molecule has 1 heterocycles. The summed E-state index contributed by atoms with van der Waals surface area (Å²) < 4.78 is 5.49. The van der Waals surface area contributed by atoms with Gasteiger partial charge in [-0.25, -0.2) is 4.79 Å². The molecule has 2 aromatic rings. The van der Waals surface area contributed by atoms with Crippen LogP contribution in [0.5, 0.6) is 0 Å². The number of carbonyl (C=O) groups excluding carboxylic acids is 2. The number of alkyl carbamates (subject to hydrolysis) is 1. The van der Waals surface area contributed by atoms with Crippen molar-refractivity contribution in [1.29, 1.82) is 0 Å². The molecule has 0 aromatic heterocycles. The lowest BCUT2D eigenvalue weighted by Gasteiger charge is -2.22. The number of fused-ring (bicyclic) bond motifs is 3. The fourth-order valence-electron chi connectivity index (χ4n) is 4.52. The van der Waals surface area contributed by atoms with Crippen LogP contribution in [0.3, 0.4) is 0 Å². The fourth-order valence-corrected chi connectivity index (χ4v) is 5.54. The molecule has 33 heavy (non-hydrogen) atoms. The number of carboxylic acids is 1. The maximum Gasteiger partial charge on any atom is 0.407 e. The Bertz CT molecular complexity index is 974. The highest BCUT2D eigenvalue weighted by Crippen LogP contribution is 2.44. The molecule has 2 atom stereocenters. The molecule has 1 saturated heterocycles. The van der Waals surface area contributed by atoms with Gasteiger partial charge >= 0.3 is 12.1 Å². The molecule has 1 aliphatic carbocycles. The number of nitrogens with one attached hydrogen (secondary N) is 2. The van der Waals surface area contributed by atoms with Crippen LogP contribution in [0.25, 0.3) is 11.1 Å². The number of rotatable bonds is 7. The minimum Gasteiger partial charge on any atom is -0.481 e. The van der Waals surface area contributed by atoms with Crippen molar-refractivity contribution < 1.29 is 24.2 Å². The highest BCUT2D eigenvalue weighted by Gasteiger charge is 2.30. The van der Waals surface area contributed by atoms with Crippen molar-refractivity contribution >= 4 is 29.7 Å². The molecule has 0 radical (unpaired) electrons. The van der Waals surface area contributed by atoms with E-state index in [1.165, 1.54) is 0 Å². The standard InChI is InChI=1S/C25H28N2O5S/c28-23(29)14-22(24(30)26-16-6-5-12-33-13-11-16)27-25(31)32-15-21-19-9-3-1-7-17(19)18-8-2-4-10-20(18)21/h1-4,7-10,16,21-22H,5-6,11-15H2,(H,26,30)(H,27,31)(H,28,29). The van der Waals surface area contributed by atoms with E-state index < -0.39 is 30.4 Å². The van der Waals surface area contributed by atoms with E-state index in [0.29, 0.717) is 0 Å². The normalized spacial score (nSPS) is 18.4. The number of carbonyl (C=O) groups is 3. The quantitative estimate of drug-likeness (QED) is 0.571. The summed E-state index contributed by atoms with van der Waals surface area (Å²) in [4.78, 5) is 36.6. The van der Waals surface area contributed by atoms with Crippen LogP contribution in [0.2, 0.25) is 0 Å². The molecule has 1 fully saturated rings. The molecule has 0 saturated carbocycles. The van der Waals surface area contributed by atoms with E-state index in [1.54, 1.807) is 0 Å². The Morgan fingerprint density at radius 1 is 1.00 bits per heavy atom. The summed E-state index contributed by atoms with van der Waals surface area (Å²) in [7, 11) is 0. The predicted molar refractivity (Wildman–Crippen MR) is 127 cm³/mol. The van der Waals surface area contributed by atoms with Gasteiger partial charge in [-0.05, 0) is 53.0 Å². The van der Waals surface area contributed by atoms with Gasteiger partial charge in [0.15, 0.2) is 0 Å². The Hall–Kier alpha value is -3.00. The van der Waals surface area contributed by atoms with Gasteiger partial charge in [-0.2, -0.15) is 11.8 Å². The van der Waals surface area contributed by atoms with Crippen molar-refractivity contribution in [2.45, 2.75) is 43.7 Å². The van der Waals surface area contributed by atoms with Crippen LogP contribution in [-0.4, -0.2) is 53.3 Å². The van der Waals surface area contributed by atoms with Gasteiger partial charge in [-0.3, -0.25) is 9.59 Å². The van der Waals surface area contributed by atoms with Crippen LogP contribution in [0.15, 0.2) is 48.5 Å². The molecule has 8 heteroatoms. The fraction of sp³-hybridized carbons (Fsp3) is 0.400. The van der Waals surface area contributed by atoms with Crippen molar-refractivity contribution in [3.8, 4) is 11.1 Å². The molecule has 2 aliphatic rings. The molecule has 0 bridgehead atoms. The van der Waals surface area contributed by atoms with Gasteiger partial charge < -0.3 is 20.5 Å². The first-order valence-corrected chi connectivity index (χ1v) is 12.4. The Kier molecular flexibility index (Phi) is 7.54. The SMILES string of the molecule is O=C(O)CC(NC(=O)OCC1c2ccccc2-c2ccccc21)C(=O)NC1CCCSCC1. The summed E-state index contributed by atoms with van der Waals surface area (Å²) >= 11 is 1.85. The van der Waals surface area contributed by atoms with Crippen LogP contribution >= 0.6 is 11.8 Å². The molecule has 174 valence electrons. The molecular weight excluding hydrogens is 440 g/mol. The summed E-state index contributed by atoms with van der Waals surface area (Å²) in [6.07, 6.45) is 1.39. The van der Waals surface area contributed by atoms with E-state index in [4.69, 9.17) is 4.74 Å². The zero-order chi connectivity index (χ0) is 23.2. The highest BCUT2D eigenvalue weighted by atomic mass is 32.2. The first kappa shape index (κ1) is 23.2. The lowest BCUT2D eigenvalue weighted by Crippen LogP contribution is -2.50. The summed E-state index contributed by atoms with van der Waals surface area (Å²) in [5.74, 6) is 0.254. The van der Waals surface area contributed by atoms with Gasteiger partial charge in [-0.1, -0.05) is 48.5 Å². The Labute approximate surface area is 197 Å². The smallest absolute Gasteiger partial charge is 0.407 e. The summed E-state index contributed by atoms with van der Waals surface area (Å²) in [5.41, 5.74) is 4.40. The van der Waals surface area contributed by atoms with E-state index in [2.05, 4.69) is 10.6 Å². The molecule has 3 N–H and O–H groups in total. The van der Waals surface area contributed by atoms with Gasteiger partial charge in [0.2, 0.25) is 5.91 Å². The lowest BCUT2D eigenvalue weighted by atomic mass is 9.98. The molecule has 2 unspecified atom stereocenters. The summed E-state index contributed by atoms with van der Waals surface area (Å²) in [6, 6.07) is 14.8. The number of hydrogen-bond acceptors (Lipinski definition) is 5. The molecule has 0 spiro atoms.